The van der Waals surface area contributed by atoms with E-state index >= 15 is 0 Å². The first kappa shape index (κ1) is 25.9. The average Bonchev–Trinajstić information content (AvgIpc) is 2.80. The summed E-state index contributed by atoms with van der Waals surface area (Å²) >= 11 is 0. The van der Waals surface area contributed by atoms with Crippen molar-refractivity contribution in [2.24, 2.45) is 0 Å². The third-order valence-corrected chi connectivity index (χ3v) is 8.01. The summed E-state index contributed by atoms with van der Waals surface area (Å²) in [7, 11) is -3.47. The van der Waals surface area contributed by atoms with Crippen LogP contribution in [0.25, 0.3) is 0 Å². The van der Waals surface area contributed by atoms with Gasteiger partial charge < -0.3 is 10.1 Å². The lowest BCUT2D eigenvalue weighted by Crippen LogP contribution is -2.35. The Balaban J connectivity index is 1.51. The van der Waals surface area contributed by atoms with Crippen LogP contribution < -0.4 is 5.32 Å². The molecule has 7 nitrogen and oxygen atoms in total. The Labute approximate surface area is 202 Å². The van der Waals surface area contributed by atoms with Crippen LogP contribution in [0.15, 0.2) is 41.3 Å². The van der Waals surface area contributed by atoms with Crippen molar-refractivity contribution in [3.63, 3.8) is 0 Å². The smallest absolute Gasteiger partial charge is 0.306 e. The summed E-state index contributed by atoms with van der Waals surface area (Å²) in [6, 6.07) is 10.6. The molecule has 0 saturated carbocycles. The molecule has 1 heterocycles. The zero-order chi connectivity index (χ0) is 24.9. The van der Waals surface area contributed by atoms with Crippen LogP contribution in [-0.2, 0) is 30.8 Å². The lowest BCUT2D eigenvalue weighted by atomic mass is 10.0. The number of carbonyl (C=O) groups is 2. The number of nitrogens with one attached hydrogen (secondary N) is 1. The number of carbonyl (C=O) groups excluding carboxylic acids is 2. The van der Waals surface area contributed by atoms with Crippen molar-refractivity contribution in [1.82, 2.24) is 4.31 Å². The highest BCUT2D eigenvalue weighted by molar-refractivity contribution is 7.89. The van der Waals surface area contributed by atoms with Crippen LogP contribution in [0.3, 0.4) is 0 Å². The predicted octanol–water partition coefficient (Wildman–Crippen LogP) is 4.29. The van der Waals surface area contributed by atoms with Gasteiger partial charge in [-0.05, 0) is 75.8 Å². The first-order chi connectivity index (χ1) is 16.1. The molecule has 0 bridgehead atoms. The summed E-state index contributed by atoms with van der Waals surface area (Å²) in [6.45, 7) is 8.52. The number of hydrogen-bond acceptors (Lipinski definition) is 5. The molecule has 3 rings (SSSR count). The lowest BCUT2D eigenvalue weighted by Gasteiger charge is -2.25. The van der Waals surface area contributed by atoms with E-state index in [2.05, 4.69) is 5.32 Å². The normalized spacial score (nSPS) is 15.5. The van der Waals surface area contributed by atoms with Gasteiger partial charge in [0.25, 0.3) is 5.91 Å². The van der Waals surface area contributed by atoms with Crippen LogP contribution in [-0.4, -0.2) is 43.8 Å². The molecule has 8 heteroatoms. The van der Waals surface area contributed by atoms with Crippen molar-refractivity contribution >= 4 is 27.6 Å². The second kappa shape index (κ2) is 11.1. The Morgan fingerprint density at radius 2 is 1.59 bits per heavy atom. The summed E-state index contributed by atoms with van der Waals surface area (Å²) in [5, 5.41) is 2.85. The van der Waals surface area contributed by atoms with Gasteiger partial charge in [0, 0.05) is 25.2 Å². The zero-order valence-electron chi connectivity index (χ0n) is 20.4. The minimum atomic E-state index is -3.47. The van der Waals surface area contributed by atoms with E-state index in [4.69, 9.17) is 4.74 Å². The molecule has 0 aliphatic carbocycles. The molecule has 1 unspecified atom stereocenters. The Bertz CT molecular complexity index is 1110. The van der Waals surface area contributed by atoms with E-state index in [-0.39, 0.29) is 17.2 Å². The van der Waals surface area contributed by atoms with E-state index in [1.165, 1.54) is 4.31 Å². The molecule has 0 radical (unpaired) electrons. The molecule has 1 saturated heterocycles. The van der Waals surface area contributed by atoms with Gasteiger partial charge in [0.1, 0.15) is 0 Å². The zero-order valence-corrected chi connectivity index (χ0v) is 21.2. The van der Waals surface area contributed by atoms with Crippen LogP contribution in [0.1, 0.15) is 54.9 Å². The Morgan fingerprint density at radius 1 is 1.00 bits per heavy atom. The van der Waals surface area contributed by atoms with Gasteiger partial charge in [-0.2, -0.15) is 4.31 Å². The van der Waals surface area contributed by atoms with Crippen molar-refractivity contribution in [2.75, 3.05) is 18.4 Å². The topological polar surface area (TPSA) is 92.8 Å². The van der Waals surface area contributed by atoms with Gasteiger partial charge in [0.05, 0.1) is 4.90 Å². The van der Waals surface area contributed by atoms with E-state index in [0.29, 0.717) is 19.5 Å². The number of esters is 1. The second-order valence-corrected chi connectivity index (χ2v) is 10.9. The maximum atomic E-state index is 12.8. The van der Waals surface area contributed by atoms with Gasteiger partial charge in [0.2, 0.25) is 10.0 Å². The second-order valence-electron chi connectivity index (χ2n) is 9.00. The van der Waals surface area contributed by atoms with Crippen LogP contribution in [0.5, 0.6) is 0 Å². The third-order valence-electron chi connectivity index (χ3n) is 6.10. The fourth-order valence-corrected chi connectivity index (χ4v) is 5.76. The van der Waals surface area contributed by atoms with Crippen LogP contribution in [0.4, 0.5) is 5.69 Å². The number of ether oxygens (including phenoxy) is 1. The van der Waals surface area contributed by atoms with Crippen molar-refractivity contribution < 1.29 is 22.7 Å². The van der Waals surface area contributed by atoms with Gasteiger partial charge in [-0.15, -0.1) is 0 Å². The molecule has 1 fully saturated rings. The van der Waals surface area contributed by atoms with E-state index in [1.807, 2.05) is 32.9 Å². The van der Waals surface area contributed by atoms with E-state index in [0.717, 1.165) is 47.2 Å². The number of anilines is 1. The van der Waals surface area contributed by atoms with Gasteiger partial charge >= 0.3 is 5.97 Å². The summed E-state index contributed by atoms with van der Waals surface area (Å²) in [5.41, 5.74) is 4.59. The number of hydrogen-bond donors (Lipinski definition) is 1. The lowest BCUT2D eigenvalue weighted by molar-refractivity contribution is -0.153. The Morgan fingerprint density at radius 3 is 2.18 bits per heavy atom. The molecular weight excluding hydrogens is 452 g/mol. The first-order valence-electron chi connectivity index (χ1n) is 11.7. The molecule has 1 atom stereocenters. The number of piperidine rings is 1. The molecule has 2 aromatic rings. The van der Waals surface area contributed by atoms with Crippen LogP contribution in [0.2, 0.25) is 0 Å². The highest BCUT2D eigenvalue weighted by Gasteiger charge is 2.25. The number of rotatable bonds is 8. The Kier molecular flexibility index (Phi) is 8.49. The van der Waals surface area contributed by atoms with Gasteiger partial charge in [-0.25, -0.2) is 8.42 Å². The molecule has 1 aliphatic heterocycles. The van der Waals surface area contributed by atoms with E-state index in [1.54, 1.807) is 31.2 Å². The maximum Gasteiger partial charge on any atom is 0.306 e. The van der Waals surface area contributed by atoms with Crippen molar-refractivity contribution in [1.29, 1.82) is 0 Å². The minimum Gasteiger partial charge on any atom is -0.453 e. The monoisotopic (exact) mass is 486 g/mol. The standard InChI is InChI=1S/C26H34N2O5S/c1-18-16-19(2)25(20(3)17-18)27-26(30)21(4)33-24(29)13-10-22-8-11-23(12-9-22)34(31,32)28-14-6-5-7-15-28/h8-9,11-12,16-17,21H,5-7,10,13-15H2,1-4H3,(H,27,30). The fraction of sp³-hybridized carbons (Fsp3) is 0.462. The minimum absolute atomic E-state index is 0.0957. The summed E-state index contributed by atoms with van der Waals surface area (Å²) in [5.74, 6) is -0.860. The SMILES string of the molecule is Cc1cc(C)c(NC(=O)C(C)OC(=O)CCc2ccc(S(=O)(=O)N3CCCCC3)cc2)c(C)c1. The van der Waals surface area contributed by atoms with Crippen molar-refractivity contribution in [2.45, 2.75) is 70.8 Å². The quantitative estimate of drug-likeness (QED) is 0.562. The van der Waals surface area contributed by atoms with Gasteiger partial charge in [0.15, 0.2) is 6.10 Å². The molecule has 1 aliphatic rings. The van der Waals surface area contributed by atoms with Crippen molar-refractivity contribution in [3.05, 3.63) is 58.7 Å². The molecule has 1 amide bonds. The molecule has 184 valence electrons. The molecular formula is C26H34N2O5S. The number of sulfonamides is 1. The molecule has 2 aromatic carbocycles. The number of nitrogens with zero attached hydrogens (tertiary/aromatic N) is 1. The third kappa shape index (κ3) is 6.45. The fourth-order valence-electron chi connectivity index (χ4n) is 4.24. The highest BCUT2D eigenvalue weighted by Crippen LogP contribution is 2.23. The average molecular weight is 487 g/mol. The number of aryl methyl sites for hydroxylation is 4. The maximum absolute atomic E-state index is 12.8. The van der Waals surface area contributed by atoms with E-state index < -0.39 is 22.1 Å². The van der Waals surface area contributed by atoms with Crippen LogP contribution in [0, 0.1) is 20.8 Å². The highest BCUT2D eigenvalue weighted by atomic mass is 32.2. The summed E-state index contributed by atoms with van der Waals surface area (Å²) in [6.07, 6.45) is 2.41. The molecule has 0 aromatic heterocycles. The molecule has 1 N–H and O–H groups in total. The number of amides is 1. The molecule has 0 spiro atoms. The Hall–Kier alpha value is -2.71. The molecule has 34 heavy (non-hydrogen) atoms. The van der Waals surface area contributed by atoms with Gasteiger partial charge in [-0.3, -0.25) is 9.59 Å². The number of benzene rings is 2. The largest absolute Gasteiger partial charge is 0.453 e. The first-order valence-corrected chi connectivity index (χ1v) is 13.2. The summed E-state index contributed by atoms with van der Waals surface area (Å²) in [4.78, 5) is 25.1. The van der Waals surface area contributed by atoms with E-state index in [9.17, 15) is 18.0 Å². The summed E-state index contributed by atoms with van der Waals surface area (Å²) < 4.78 is 32.4. The predicted molar refractivity (Wildman–Crippen MR) is 132 cm³/mol. The van der Waals surface area contributed by atoms with Crippen LogP contribution >= 0.6 is 0 Å². The van der Waals surface area contributed by atoms with Gasteiger partial charge in [-0.1, -0.05) is 36.2 Å². The van der Waals surface area contributed by atoms with Crippen molar-refractivity contribution in [3.8, 4) is 0 Å².